The van der Waals surface area contributed by atoms with E-state index in [4.69, 9.17) is 27.9 Å². The molecule has 0 saturated heterocycles. The van der Waals surface area contributed by atoms with Gasteiger partial charge in [0.05, 0.1) is 23.6 Å². The first kappa shape index (κ1) is 25.7. The van der Waals surface area contributed by atoms with Crippen LogP contribution in [0.3, 0.4) is 0 Å². The topological polar surface area (TPSA) is 85.7 Å². The highest BCUT2D eigenvalue weighted by Gasteiger charge is 2.34. The number of nitrogens with zero attached hydrogens (tertiary/aromatic N) is 4. The highest BCUT2D eigenvalue weighted by atomic mass is 35.5. The Morgan fingerprint density at radius 2 is 1.92 bits per heavy atom. The van der Waals surface area contributed by atoms with Gasteiger partial charge in [0, 0.05) is 34.6 Å². The molecule has 194 valence electrons. The van der Waals surface area contributed by atoms with E-state index in [0.717, 1.165) is 27.6 Å². The molecule has 12 heteroatoms. The van der Waals surface area contributed by atoms with E-state index in [1.165, 1.54) is 18.7 Å². The number of halogens is 5. The predicted octanol–water partition coefficient (Wildman–Crippen LogP) is 6.44. The van der Waals surface area contributed by atoms with Crippen LogP contribution in [0, 0.1) is 6.92 Å². The van der Waals surface area contributed by atoms with Crippen LogP contribution in [-0.2, 0) is 19.3 Å². The molecule has 5 aromatic rings. The molecule has 0 spiro atoms. The molecule has 5 rings (SSSR count). The van der Waals surface area contributed by atoms with E-state index >= 15 is 0 Å². The summed E-state index contributed by atoms with van der Waals surface area (Å²) in [6.45, 7) is 1.54. The number of aryl methyl sites for hydroxylation is 1. The SMILES string of the molecule is Cc1cc(-c2nc[nH]c2Cl)c2cccc(OCc3c(Cl)ccnc3Cn3cccc(C(F)(F)F)c3=O)c2n1. The van der Waals surface area contributed by atoms with Gasteiger partial charge in [0.15, 0.2) is 0 Å². The summed E-state index contributed by atoms with van der Waals surface area (Å²) in [5.41, 5.74) is 0.920. The lowest BCUT2D eigenvalue weighted by molar-refractivity contribution is -0.138. The molecule has 0 aliphatic heterocycles. The van der Waals surface area contributed by atoms with Crippen molar-refractivity contribution >= 4 is 34.1 Å². The number of pyridine rings is 3. The third-order valence-electron chi connectivity index (χ3n) is 5.88. The van der Waals surface area contributed by atoms with Crippen LogP contribution < -0.4 is 10.3 Å². The van der Waals surface area contributed by atoms with Gasteiger partial charge in [0.2, 0.25) is 0 Å². The van der Waals surface area contributed by atoms with E-state index < -0.39 is 17.3 Å². The minimum absolute atomic E-state index is 0.0665. The maximum absolute atomic E-state index is 13.2. The predicted molar refractivity (Wildman–Crippen MR) is 137 cm³/mol. The second-order valence-corrected chi connectivity index (χ2v) is 9.17. The van der Waals surface area contributed by atoms with Gasteiger partial charge in [0.25, 0.3) is 5.56 Å². The van der Waals surface area contributed by atoms with Crippen molar-refractivity contribution in [3.05, 3.63) is 104 Å². The van der Waals surface area contributed by atoms with Crippen LogP contribution >= 0.6 is 23.2 Å². The molecule has 0 unspecified atom stereocenters. The third kappa shape index (κ3) is 4.97. The van der Waals surface area contributed by atoms with Crippen molar-refractivity contribution in [1.82, 2.24) is 24.5 Å². The largest absolute Gasteiger partial charge is 0.486 e. The normalized spacial score (nSPS) is 11.7. The molecule has 0 radical (unpaired) electrons. The van der Waals surface area contributed by atoms with E-state index in [1.807, 2.05) is 19.1 Å². The van der Waals surface area contributed by atoms with Gasteiger partial charge in [-0.2, -0.15) is 13.2 Å². The molecule has 0 atom stereocenters. The molecule has 0 amide bonds. The number of alkyl halides is 3. The maximum Gasteiger partial charge on any atom is 0.421 e. The summed E-state index contributed by atoms with van der Waals surface area (Å²) in [5.74, 6) is 0.446. The summed E-state index contributed by atoms with van der Waals surface area (Å²) < 4.78 is 46.7. The van der Waals surface area contributed by atoms with Gasteiger partial charge in [-0.25, -0.2) is 9.97 Å². The van der Waals surface area contributed by atoms with Crippen LogP contribution in [0.4, 0.5) is 13.2 Å². The van der Waals surface area contributed by atoms with E-state index in [1.54, 1.807) is 18.2 Å². The first-order chi connectivity index (χ1) is 18.1. The number of aromatic amines is 1. The molecule has 1 aromatic carbocycles. The molecular formula is C26H18Cl2F3N5O2. The number of imidazole rings is 1. The highest BCUT2D eigenvalue weighted by Crippen LogP contribution is 2.35. The quantitative estimate of drug-likeness (QED) is 0.258. The van der Waals surface area contributed by atoms with Crippen LogP contribution in [0.1, 0.15) is 22.5 Å². The van der Waals surface area contributed by atoms with Gasteiger partial charge in [0.1, 0.15) is 34.3 Å². The molecule has 1 N–H and O–H groups in total. The van der Waals surface area contributed by atoms with Crippen LogP contribution in [0.25, 0.3) is 22.2 Å². The highest BCUT2D eigenvalue weighted by molar-refractivity contribution is 6.32. The minimum atomic E-state index is -4.77. The van der Waals surface area contributed by atoms with Crippen molar-refractivity contribution in [2.24, 2.45) is 0 Å². The number of benzene rings is 1. The van der Waals surface area contributed by atoms with Crippen molar-refractivity contribution in [1.29, 1.82) is 0 Å². The molecular weight excluding hydrogens is 542 g/mol. The molecule has 4 heterocycles. The molecule has 7 nitrogen and oxygen atoms in total. The Morgan fingerprint density at radius 3 is 2.66 bits per heavy atom. The van der Waals surface area contributed by atoms with Gasteiger partial charge < -0.3 is 14.3 Å². The molecule has 0 aliphatic rings. The Balaban J connectivity index is 1.50. The summed E-state index contributed by atoms with van der Waals surface area (Å²) in [6, 6.07) is 10.7. The molecule has 0 aliphatic carbocycles. The second kappa shape index (κ2) is 10.1. The monoisotopic (exact) mass is 559 g/mol. The number of hydrogen-bond donors (Lipinski definition) is 1. The summed E-state index contributed by atoms with van der Waals surface area (Å²) in [6.07, 6.45) is -0.583. The van der Waals surface area contributed by atoms with Crippen molar-refractivity contribution in [3.8, 4) is 17.0 Å². The first-order valence-corrected chi connectivity index (χ1v) is 12.0. The fourth-order valence-corrected chi connectivity index (χ4v) is 4.53. The number of H-pyrrole nitrogens is 1. The summed E-state index contributed by atoms with van der Waals surface area (Å²) >= 11 is 12.7. The second-order valence-electron chi connectivity index (χ2n) is 8.39. The van der Waals surface area contributed by atoms with Gasteiger partial charge in [-0.3, -0.25) is 9.78 Å². The van der Waals surface area contributed by atoms with Crippen molar-refractivity contribution in [3.63, 3.8) is 0 Å². The summed E-state index contributed by atoms with van der Waals surface area (Å²) in [5, 5.41) is 1.44. The fourth-order valence-electron chi connectivity index (χ4n) is 4.11. The number of para-hydroxylation sites is 1. The summed E-state index contributed by atoms with van der Waals surface area (Å²) in [4.78, 5) is 28.5. The number of rotatable bonds is 6. The number of nitrogens with one attached hydrogen (secondary N) is 1. The number of hydrogen-bond acceptors (Lipinski definition) is 5. The van der Waals surface area contributed by atoms with Crippen molar-refractivity contribution in [2.45, 2.75) is 26.3 Å². The van der Waals surface area contributed by atoms with Gasteiger partial charge in [-0.1, -0.05) is 35.3 Å². The average molecular weight is 560 g/mol. The Hall–Kier alpha value is -3.89. The van der Waals surface area contributed by atoms with Gasteiger partial charge in [-0.15, -0.1) is 0 Å². The lowest BCUT2D eigenvalue weighted by Gasteiger charge is -2.15. The smallest absolute Gasteiger partial charge is 0.421 e. The maximum atomic E-state index is 13.2. The average Bonchev–Trinajstić information content (AvgIpc) is 3.29. The zero-order chi connectivity index (χ0) is 27.0. The van der Waals surface area contributed by atoms with Crippen LogP contribution in [0.5, 0.6) is 5.75 Å². The molecule has 4 aromatic heterocycles. The minimum Gasteiger partial charge on any atom is -0.486 e. The zero-order valence-electron chi connectivity index (χ0n) is 19.7. The molecule has 0 bridgehead atoms. The molecule has 38 heavy (non-hydrogen) atoms. The van der Waals surface area contributed by atoms with Crippen LogP contribution in [0.2, 0.25) is 10.2 Å². The van der Waals surface area contributed by atoms with Gasteiger partial charge in [-0.05, 0) is 37.3 Å². The van der Waals surface area contributed by atoms with E-state index in [2.05, 4.69) is 19.9 Å². The third-order valence-corrected chi connectivity index (χ3v) is 6.53. The molecule has 0 fully saturated rings. The lowest BCUT2D eigenvalue weighted by Crippen LogP contribution is -2.28. The van der Waals surface area contributed by atoms with Gasteiger partial charge >= 0.3 is 6.18 Å². The summed E-state index contributed by atoms with van der Waals surface area (Å²) in [7, 11) is 0. The van der Waals surface area contributed by atoms with Crippen molar-refractivity contribution < 1.29 is 17.9 Å². The first-order valence-electron chi connectivity index (χ1n) is 11.2. The number of ether oxygens (including phenoxy) is 1. The van der Waals surface area contributed by atoms with E-state index in [0.29, 0.717) is 44.1 Å². The number of aromatic nitrogens is 5. The van der Waals surface area contributed by atoms with Crippen molar-refractivity contribution in [2.75, 3.05) is 0 Å². The fraction of sp³-hybridized carbons (Fsp3) is 0.154. The lowest BCUT2D eigenvalue weighted by atomic mass is 10.0. The van der Waals surface area contributed by atoms with E-state index in [9.17, 15) is 18.0 Å². The Kier molecular flexibility index (Phi) is 6.85. The van der Waals surface area contributed by atoms with E-state index in [-0.39, 0.29) is 13.2 Å². The Labute approximate surface area is 223 Å². The standard InChI is InChI=1S/C26H18Cl2F3N5O2/c1-14-10-16(23-24(28)34-13-33-23)15-4-2-6-21(22(15)35-14)38-12-17-19(27)7-8-32-20(17)11-36-9-3-5-18(25(36)37)26(29,30)31/h2-10,13H,11-12H2,1H3,(H,33,34). The Morgan fingerprint density at radius 1 is 1.11 bits per heavy atom. The molecule has 0 saturated carbocycles. The number of fused-ring (bicyclic) bond motifs is 1. The Bertz CT molecular complexity index is 1720. The zero-order valence-corrected chi connectivity index (χ0v) is 21.2. The van der Waals surface area contributed by atoms with Crippen LogP contribution in [0.15, 0.2) is 66.0 Å². The van der Waals surface area contributed by atoms with Crippen LogP contribution in [-0.4, -0.2) is 24.5 Å².